The molecule has 0 unspecified atom stereocenters. The Hall–Kier alpha value is -3.93. The monoisotopic (exact) mass is 388 g/mol. The van der Waals surface area contributed by atoms with Crippen LogP contribution >= 0.6 is 0 Å². The molecule has 3 rings (SSSR count). The summed E-state index contributed by atoms with van der Waals surface area (Å²) in [6, 6.07) is 22.3. The minimum Gasteiger partial charge on any atom is -0.484 e. The first-order valence-corrected chi connectivity index (χ1v) is 9.01. The number of Topliss-reactive ketones (excluding diaryl/α,β-unsaturated/α-hetero) is 1. The van der Waals surface area contributed by atoms with Gasteiger partial charge in [0.25, 0.3) is 11.8 Å². The van der Waals surface area contributed by atoms with E-state index in [1.807, 2.05) is 6.07 Å². The van der Waals surface area contributed by atoms with Gasteiger partial charge in [0.05, 0.1) is 0 Å². The lowest BCUT2D eigenvalue weighted by Crippen LogP contribution is -2.20. The number of carbonyl (C=O) groups excluding carboxylic acids is 3. The lowest BCUT2D eigenvalue weighted by atomic mass is 10.1. The van der Waals surface area contributed by atoms with Crippen LogP contribution in [-0.2, 0) is 4.79 Å². The van der Waals surface area contributed by atoms with Crippen LogP contribution in [-0.4, -0.2) is 24.2 Å². The van der Waals surface area contributed by atoms with Crippen LogP contribution in [0.15, 0.2) is 78.9 Å². The van der Waals surface area contributed by atoms with Crippen LogP contribution in [0.1, 0.15) is 27.6 Å². The smallest absolute Gasteiger partial charge is 0.262 e. The molecule has 6 heteroatoms. The maximum Gasteiger partial charge on any atom is 0.262 e. The van der Waals surface area contributed by atoms with E-state index in [4.69, 9.17) is 4.74 Å². The summed E-state index contributed by atoms with van der Waals surface area (Å²) in [7, 11) is 0. The number of benzene rings is 3. The van der Waals surface area contributed by atoms with Gasteiger partial charge in [-0.2, -0.15) is 0 Å². The molecule has 0 aliphatic rings. The molecular formula is C23H20N2O4. The number of hydrogen-bond acceptors (Lipinski definition) is 4. The van der Waals surface area contributed by atoms with Gasteiger partial charge < -0.3 is 15.4 Å². The fourth-order valence-electron chi connectivity index (χ4n) is 2.59. The van der Waals surface area contributed by atoms with Crippen LogP contribution in [0.2, 0.25) is 0 Å². The second kappa shape index (κ2) is 9.32. The van der Waals surface area contributed by atoms with Crippen molar-refractivity contribution in [1.82, 2.24) is 0 Å². The summed E-state index contributed by atoms with van der Waals surface area (Å²) in [5, 5.41) is 5.50. The van der Waals surface area contributed by atoms with Gasteiger partial charge in [-0.05, 0) is 55.5 Å². The van der Waals surface area contributed by atoms with E-state index in [9.17, 15) is 14.4 Å². The zero-order valence-corrected chi connectivity index (χ0v) is 15.8. The minimum atomic E-state index is -0.334. The Bertz CT molecular complexity index is 1010. The largest absolute Gasteiger partial charge is 0.484 e. The molecule has 0 saturated heterocycles. The predicted molar refractivity (Wildman–Crippen MR) is 111 cm³/mol. The van der Waals surface area contributed by atoms with Gasteiger partial charge in [0.15, 0.2) is 12.4 Å². The average Bonchev–Trinajstić information content (AvgIpc) is 2.73. The number of carbonyl (C=O) groups is 3. The first kappa shape index (κ1) is 19.8. The van der Waals surface area contributed by atoms with Gasteiger partial charge in [-0.1, -0.05) is 24.3 Å². The zero-order valence-electron chi connectivity index (χ0n) is 15.8. The molecule has 0 fully saturated rings. The second-order valence-electron chi connectivity index (χ2n) is 6.32. The highest BCUT2D eigenvalue weighted by atomic mass is 16.5. The molecule has 0 bridgehead atoms. The Morgan fingerprint density at radius 3 is 2.17 bits per heavy atom. The Kier molecular flexibility index (Phi) is 6.37. The number of nitrogens with one attached hydrogen (secondary N) is 2. The maximum absolute atomic E-state index is 12.2. The fourth-order valence-corrected chi connectivity index (χ4v) is 2.59. The Balaban J connectivity index is 1.54. The molecule has 3 aromatic rings. The molecule has 0 aromatic heterocycles. The number of amides is 2. The molecule has 146 valence electrons. The molecule has 29 heavy (non-hydrogen) atoms. The van der Waals surface area contributed by atoms with Crippen molar-refractivity contribution in [2.24, 2.45) is 0 Å². The summed E-state index contributed by atoms with van der Waals surface area (Å²) < 4.78 is 5.51. The van der Waals surface area contributed by atoms with Crippen LogP contribution in [0.5, 0.6) is 5.75 Å². The van der Waals surface area contributed by atoms with E-state index in [1.165, 1.54) is 6.92 Å². The summed E-state index contributed by atoms with van der Waals surface area (Å²) in [5.74, 6) is -0.141. The Morgan fingerprint density at radius 2 is 1.48 bits per heavy atom. The van der Waals surface area contributed by atoms with Crippen molar-refractivity contribution in [2.45, 2.75) is 6.92 Å². The van der Waals surface area contributed by atoms with E-state index in [0.717, 1.165) is 0 Å². The first-order valence-electron chi connectivity index (χ1n) is 9.01. The summed E-state index contributed by atoms with van der Waals surface area (Å²) in [6.45, 7) is 1.29. The van der Waals surface area contributed by atoms with E-state index >= 15 is 0 Å². The zero-order chi connectivity index (χ0) is 20.6. The second-order valence-corrected chi connectivity index (χ2v) is 6.32. The standard InChI is InChI=1S/C23H20N2O4/c1-16(26)17-10-12-19(13-11-17)24-22(27)15-29-21-9-5-8-20(14-21)25-23(28)18-6-3-2-4-7-18/h2-14H,15H2,1H3,(H,24,27)(H,25,28). The lowest BCUT2D eigenvalue weighted by Gasteiger charge is -2.10. The topological polar surface area (TPSA) is 84.5 Å². The van der Waals surface area contributed by atoms with Gasteiger partial charge in [0.2, 0.25) is 0 Å². The molecule has 0 spiro atoms. The summed E-state index contributed by atoms with van der Waals surface area (Å²) >= 11 is 0. The average molecular weight is 388 g/mol. The van der Waals surface area contributed by atoms with Gasteiger partial charge in [-0.15, -0.1) is 0 Å². The van der Waals surface area contributed by atoms with Crippen molar-refractivity contribution in [3.63, 3.8) is 0 Å². The van der Waals surface area contributed by atoms with Crippen LogP contribution in [0.4, 0.5) is 11.4 Å². The molecule has 2 N–H and O–H groups in total. The molecule has 0 radical (unpaired) electrons. The molecular weight excluding hydrogens is 368 g/mol. The number of rotatable bonds is 7. The third-order valence-corrected chi connectivity index (χ3v) is 4.07. The minimum absolute atomic E-state index is 0.0366. The molecule has 3 aromatic carbocycles. The molecule has 0 heterocycles. The SMILES string of the molecule is CC(=O)c1ccc(NC(=O)COc2cccc(NC(=O)c3ccccc3)c2)cc1. The number of ketones is 1. The maximum atomic E-state index is 12.2. The van der Waals surface area contributed by atoms with Crippen molar-refractivity contribution in [3.8, 4) is 5.75 Å². The van der Waals surface area contributed by atoms with E-state index in [1.54, 1.807) is 72.8 Å². The van der Waals surface area contributed by atoms with Crippen LogP contribution in [0.3, 0.4) is 0 Å². The highest BCUT2D eigenvalue weighted by molar-refractivity contribution is 6.04. The van der Waals surface area contributed by atoms with Crippen LogP contribution < -0.4 is 15.4 Å². The molecule has 0 aliphatic carbocycles. The molecule has 0 saturated carbocycles. The Morgan fingerprint density at radius 1 is 0.759 bits per heavy atom. The van der Waals surface area contributed by atoms with Gasteiger partial charge in [0.1, 0.15) is 5.75 Å². The van der Waals surface area contributed by atoms with Crippen LogP contribution in [0, 0.1) is 0 Å². The van der Waals surface area contributed by atoms with Gasteiger partial charge >= 0.3 is 0 Å². The van der Waals surface area contributed by atoms with Gasteiger partial charge in [-0.3, -0.25) is 14.4 Å². The third kappa shape index (κ3) is 5.77. The number of hydrogen-bond donors (Lipinski definition) is 2. The highest BCUT2D eigenvalue weighted by Gasteiger charge is 2.08. The quantitative estimate of drug-likeness (QED) is 0.595. The van der Waals surface area contributed by atoms with Gasteiger partial charge in [-0.25, -0.2) is 0 Å². The highest BCUT2D eigenvalue weighted by Crippen LogP contribution is 2.18. The van der Waals surface area contributed by atoms with E-state index in [-0.39, 0.29) is 24.2 Å². The van der Waals surface area contributed by atoms with Crippen LogP contribution in [0.25, 0.3) is 0 Å². The first-order chi connectivity index (χ1) is 14.0. The molecule has 0 atom stereocenters. The summed E-state index contributed by atoms with van der Waals surface area (Å²) in [6.07, 6.45) is 0. The third-order valence-electron chi connectivity index (χ3n) is 4.07. The molecule has 0 aliphatic heterocycles. The lowest BCUT2D eigenvalue weighted by molar-refractivity contribution is -0.118. The van der Waals surface area contributed by atoms with E-state index < -0.39 is 0 Å². The van der Waals surface area contributed by atoms with Gasteiger partial charge in [0, 0.05) is 28.6 Å². The normalized spacial score (nSPS) is 10.1. The summed E-state index contributed by atoms with van der Waals surface area (Å²) in [5.41, 5.74) is 2.27. The van der Waals surface area contributed by atoms with Crippen molar-refractivity contribution in [2.75, 3.05) is 17.2 Å². The van der Waals surface area contributed by atoms with E-state index in [0.29, 0.717) is 28.3 Å². The Labute approximate surface area is 168 Å². The number of anilines is 2. The van der Waals surface area contributed by atoms with Crippen molar-refractivity contribution in [3.05, 3.63) is 90.0 Å². The van der Waals surface area contributed by atoms with E-state index in [2.05, 4.69) is 10.6 Å². The van der Waals surface area contributed by atoms with Crippen molar-refractivity contribution >= 4 is 29.0 Å². The molecule has 2 amide bonds. The number of ether oxygens (including phenoxy) is 1. The molecule has 6 nitrogen and oxygen atoms in total. The van der Waals surface area contributed by atoms with Crippen molar-refractivity contribution in [1.29, 1.82) is 0 Å². The summed E-state index contributed by atoms with van der Waals surface area (Å²) in [4.78, 5) is 35.6. The fraction of sp³-hybridized carbons (Fsp3) is 0.0870. The predicted octanol–water partition coefficient (Wildman–Crippen LogP) is 4.16. The van der Waals surface area contributed by atoms with Crippen molar-refractivity contribution < 1.29 is 19.1 Å².